The number of rotatable bonds is 3. The molecule has 3 aromatic rings. The first-order valence-electron chi connectivity index (χ1n) is 9.93. The van der Waals surface area contributed by atoms with E-state index in [0.29, 0.717) is 58.4 Å². The number of hydrogen-bond donors (Lipinski definition) is 1. The van der Waals surface area contributed by atoms with Crippen LogP contribution in [0.4, 0.5) is 4.39 Å². The van der Waals surface area contributed by atoms with Gasteiger partial charge in [0.1, 0.15) is 5.82 Å². The van der Waals surface area contributed by atoms with E-state index in [4.69, 9.17) is 11.6 Å². The summed E-state index contributed by atoms with van der Waals surface area (Å²) in [5.41, 5.74) is 1.41. The van der Waals surface area contributed by atoms with E-state index < -0.39 is 29.0 Å². The molecule has 1 aromatic heterocycles. The van der Waals surface area contributed by atoms with Gasteiger partial charge in [-0.1, -0.05) is 36.7 Å². The maximum Gasteiger partial charge on any atom is 0.306 e. The van der Waals surface area contributed by atoms with E-state index in [1.54, 1.807) is 37.3 Å². The number of nitrogens with zero attached hydrogens (tertiary/aromatic N) is 2. The van der Waals surface area contributed by atoms with Gasteiger partial charge in [0.25, 0.3) is 5.91 Å². The number of benzene rings is 2. The van der Waals surface area contributed by atoms with Gasteiger partial charge < -0.3 is 5.11 Å². The number of halogens is 2. The van der Waals surface area contributed by atoms with Crippen LogP contribution in [0.2, 0.25) is 5.02 Å². The van der Waals surface area contributed by atoms with E-state index in [2.05, 4.69) is 5.10 Å². The highest BCUT2D eigenvalue weighted by Gasteiger charge is 2.39. The summed E-state index contributed by atoms with van der Waals surface area (Å²) < 4.78 is 16.2. The van der Waals surface area contributed by atoms with Gasteiger partial charge >= 0.3 is 5.97 Å². The zero-order valence-electron chi connectivity index (χ0n) is 16.8. The summed E-state index contributed by atoms with van der Waals surface area (Å²) >= 11 is 6.29. The number of carbonyl (C=O) groups excluding carboxylic acids is 1. The predicted molar refractivity (Wildman–Crippen MR) is 113 cm³/mol. The van der Waals surface area contributed by atoms with Crippen LogP contribution in [-0.4, -0.2) is 26.8 Å². The van der Waals surface area contributed by atoms with Gasteiger partial charge in [0.05, 0.1) is 33.1 Å². The number of carboxylic acid groups (broad SMARTS) is 1. The van der Waals surface area contributed by atoms with E-state index in [9.17, 15) is 19.1 Å². The van der Waals surface area contributed by atoms with E-state index in [1.807, 2.05) is 6.92 Å². The molecule has 0 aliphatic heterocycles. The topological polar surface area (TPSA) is 72.2 Å². The van der Waals surface area contributed by atoms with E-state index in [1.165, 1.54) is 10.7 Å². The number of aryl methyl sites for hydroxylation is 1. The van der Waals surface area contributed by atoms with Crippen LogP contribution in [0.3, 0.4) is 0 Å². The van der Waals surface area contributed by atoms with Crippen LogP contribution in [0.25, 0.3) is 10.9 Å². The highest BCUT2D eigenvalue weighted by atomic mass is 35.5. The molecule has 2 aromatic carbocycles. The quantitative estimate of drug-likeness (QED) is 0.609. The van der Waals surface area contributed by atoms with Gasteiger partial charge in [-0.3, -0.25) is 9.59 Å². The maximum absolute atomic E-state index is 14.9. The molecule has 0 saturated heterocycles. The molecular weight excluding hydrogens is 407 g/mol. The highest BCUT2D eigenvalue weighted by molar-refractivity contribution is 6.34. The first-order chi connectivity index (χ1) is 14.2. The number of carboxylic acids is 1. The summed E-state index contributed by atoms with van der Waals surface area (Å²) in [4.78, 5) is 24.7. The van der Waals surface area contributed by atoms with Crippen LogP contribution in [0.15, 0.2) is 36.4 Å². The second-order valence-corrected chi connectivity index (χ2v) is 8.71. The Morgan fingerprint density at radius 2 is 1.87 bits per heavy atom. The number of aromatic nitrogens is 2. The lowest BCUT2D eigenvalue weighted by Gasteiger charge is -2.35. The van der Waals surface area contributed by atoms with Crippen molar-refractivity contribution in [2.45, 2.75) is 44.9 Å². The first kappa shape index (κ1) is 20.5. The number of aliphatic carboxylic acids is 1. The third-order valence-corrected chi connectivity index (χ3v) is 6.61. The van der Waals surface area contributed by atoms with E-state index in [0.717, 1.165) is 0 Å². The zero-order valence-corrected chi connectivity index (χ0v) is 17.5. The van der Waals surface area contributed by atoms with Crippen LogP contribution >= 0.6 is 11.6 Å². The minimum Gasteiger partial charge on any atom is -0.481 e. The van der Waals surface area contributed by atoms with Crippen molar-refractivity contribution in [2.24, 2.45) is 5.92 Å². The SMILES string of the molecule is Cc1cccc(Cl)c1C(=O)n1nc(C2(C)CCC(C(=O)O)CC2)c2c(F)cccc21. The number of hydrogen-bond acceptors (Lipinski definition) is 3. The monoisotopic (exact) mass is 428 g/mol. The Labute approximate surface area is 178 Å². The number of fused-ring (bicyclic) bond motifs is 1. The predicted octanol–water partition coefficient (Wildman–Crippen LogP) is 5.36. The van der Waals surface area contributed by atoms with Gasteiger partial charge in [0.15, 0.2) is 0 Å². The Hall–Kier alpha value is -2.73. The molecule has 0 radical (unpaired) electrons. The van der Waals surface area contributed by atoms with Gasteiger partial charge in [-0.05, 0) is 56.4 Å². The molecular formula is C23H22ClFN2O3. The van der Waals surface area contributed by atoms with Crippen molar-refractivity contribution in [2.75, 3.05) is 0 Å². The first-order valence-corrected chi connectivity index (χ1v) is 10.3. The summed E-state index contributed by atoms with van der Waals surface area (Å²) in [6.45, 7) is 3.76. The summed E-state index contributed by atoms with van der Waals surface area (Å²) in [6, 6.07) is 9.78. The molecule has 30 heavy (non-hydrogen) atoms. The molecule has 1 fully saturated rings. The Kier molecular flexibility index (Phi) is 5.14. The fourth-order valence-corrected chi connectivity index (χ4v) is 4.75. The average Bonchev–Trinajstić information content (AvgIpc) is 3.10. The molecule has 1 N–H and O–H groups in total. The molecule has 0 spiro atoms. The third-order valence-electron chi connectivity index (χ3n) is 6.29. The summed E-state index contributed by atoms with van der Waals surface area (Å²) in [6.07, 6.45) is 2.10. The molecule has 0 unspecified atom stereocenters. The molecule has 5 nitrogen and oxygen atoms in total. The summed E-state index contributed by atoms with van der Waals surface area (Å²) in [7, 11) is 0. The molecule has 7 heteroatoms. The standard InChI is InChI=1S/C23H22ClFN2O3/c1-13-5-3-6-15(24)18(13)21(28)27-17-8-4-7-16(25)19(17)20(26-27)23(2)11-9-14(10-12-23)22(29)30/h3-8,14H,9-12H2,1-2H3,(H,29,30). The lowest BCUT2D eigenvalue weighted by molar-refractivity contribution is -0.143. The Bertz CT molecular complexity index is 1140. The van der Waals surface area contributed by atoms with Gasteiger partial charge in [0.2, 0.25) is 0 Å². The minimum atomic E-state index is -0.803. The van der Waals surface area contributed by atoms with Crippen molar-refractivity contribution in [3.05, 3.63) is 64.1 Å². The molecule has 0 atom stereocenters. The van der Waals surface area contributed by atoms with Crippen LogP contribution < -0.4 is 0 Å². The number of carbonyl (C=O) groups is 2. The average molecular weight is 429 g/mol. The Balaban J connectivity index is 1.86. The molecule has 1 aliphatic carbocycles. The molecule has 4 rings (SSSR count). The van der Waals surface area contributed by atoms with Crippen molar-refractivity contribution < 1.29 is 19.1 Å². The van der Waals surface area contributed by atoms with Crippen molar-refractivity contribution >= 4 is 34.4 Å². The zero-order chi connectivity index (χ0) is 21.6. The maximum atomic E-state index is 14.9. The van der Waals surface area contributed by atoms with Gasteiger partial charge in [-0.2, -0.15) is 9.78 Å². The van der Waals surface area contributed by atoms with Gasteiger partial charge in [-0.25, -0.2) is 4.39 Å². The molecule has 156 valence electrons. The van der Waals surface area contributed by atoms with E-state index in [-0.39, 0.29) is 0 Å². The van der Waals surface area contributed by atoms with E-state index >= 15 is 0 Å². The van der Waals surface area contributed by atoms with Crippen LogP contribution in [0.1, 0.15) is 54.2 Å². The van der Waals surface area contributed by atoms with Crippen molar-refractivity contribution in [3.8, 4) is 0 Å². The second kappa shape index (κ2) is 7.51. The molecule has 0 bridgehead atoms. The minimum absolute atomic E-state index is 0.312. The molecule has 1 aliphatic rings. The molecule has 1 saturated carbocycles. The second-order valence-electron chi connectivity index (χ2n) is 8.30. The highest BCUT2D eigenvalue weighted by Crippen LogP contribution is 2.44. The lowest BCUT2D eigenvalue weighted by Crippen LogP contribution is -2.32. The fraction of sp³-hybridized carbons (Fsp3) is 0.348. The van der Waals surface area contributed by atoms with Crippen LogP contribution in [-0.2, 0) is 10.2 Å². The third kappa shape index (κ3) is 3.29. The van der Waals surface area contributed by atoms with Gasteiger partial charge in [0, 0.05) is 5.41 Å². The fourth-order valence-electron chi connectivity index (χ4n) is 4.45. The van der Waals surface area contributed by atoms with Crippen LogP contribution in [0.5, 0.6) is 0 Å². The smallest absolute Gasteiger partial charge is 0.306 e. The Morgan fingerprint density at radius 1 is 1.20 bits per heavy atom. The largest absolute Gasteiger partial charge is 0.481 e. The van der Waals surface area contributed by atoms with Crippen molar-refractivity contribution in [3.63, 3.8) is 0 Å². The molecule has 1 heterocycles. The van der Waals surface area contributed by atoms with Crippen molar-refractivity contribution in [1.82, 2.24) is 9.78 Å². The molecule has 0 amide bonds. The van der Waals surface area contributed by atoms with Crippen molar-refractivity contribution in [1.29, 1.82) is 0 Å². The summed E-state index contributed by atoms with van der Waals surface area (Å²) in [5, 5.41) is 14.5. The Morgan fingerprint density at radius 3 is 2.50 bits per heavy atom. The lowest BCUT2D eigenvalue weighted by atomic mass is 9.69. The normalized spacial score (nSPS) is 21.7. The summed E-state index contributed by atoms with van der Waals surface area (Å²) in [5.74, 6) is -2.06. The van der Waals surface area contributed by atoms with Gasteiger partial charge in [-0.15, -0.1) is 0 Å². The van der Waals surface area contributed by atoms with Crippen LogP contribution in [0, 0.1) is 18.7 Å².